The highest BCUT2D eigenvalue weighted by Gasteiger charge is 2.44. The van der Waals surface area contributed by atoms with E-state index in [1.165, 1.54) is 0 Å². The highest BCUT2D eigenvalue weighted by Crippen LogP contribution is 2.21. The molecule has 1 saturated heterocycles. The molecule has 0 aromatic carbocycles. The molecule has 5 N–H and O–H groups in total. The van der Waals surface area contributed by atoms with Crippen LogP contribution in [0.1, 0.15) is 0 Å². The molecule has 0 spiro atoms. The first kappa shape index (κ1) is 9.85. The second-order valence-corrected chi connectivity index (χ2v) is 2.72. The average molecular weight is 180 g/mol. The van der Waals surface area contributed by atoms with Gasteiger partial charge in [-0.2, -0.15) is 0 Å². The Morgan fingerprint density at radius 1 is 1.17 bits per heavy atom. The Balaban J connectivity index is 2.58. The van der Waals surface area contributed by atoms with E-state index in [4.69, 9.17) is 25.5 Å². The summed E-state index contributed by atoms with van der Waals surface area (Å²) in [6, 6.07) is 0. The molecule has 5 atom stereocenters. The number of aliphatic hydroxyl groups is 5. The second kappa shape index (κ2) is 3.65. The SMILES string of the molecule is OC[C@@H](O)[C@H]1O[C@H](O)[C@H](O)C1O. The van der Waals surface area contributed by atoms with Crippen molar-refractivity contribution in [3.05, 3.63) is 0 Å². The Hall–Kier alpha value is -0.240. The van der Waals surface area contributed by atoms with Gasteiger partial charge >= 0.3 is 0 Å². The predicted octanol–water partition coefficient (Wildman–Crippen LogP) is -3.22. The molecule has 1 aliphatic heterocycles. The predicted molar refractivity (Wildman–Crippen MR) is 36.0 cm³/mol. The van der Waals surface area contributed by atoms with Crippen molar-refractivity contribution in [1.82, 2.24) is 0 Å². The van der Waals surface area contributed by atoms with E-state index in [0.29, 0.717) is 0 Å². The van der Waals surface area contributed by atoms with Crippen molar-refractivity contribution < 1.29 is 30.3 Å². The Labute approximate surface area is 68.6 Å². The van der Waals surface area contributed by atoms with Gasteiger partial charge in [-0.15, -0.1) is 0 Å². The Morgan fingerprint density at radius 2 is 1.75 bits per heavy atom. The zero-order chi connectivity index (χ0) is 9.30. The largest absolute Gasteiger partial charge is 0.394 e. The third-order valence-electron chi connectivity index (χ3n) is 1.84. The molecule has 0 aromatic rings. The minimum atomic E-state index is -1.51. The third-order valence-corrected chi connectivity index (χ3v) is 1.84. The standard InChI is InChI=1S/C6H12O6/c7-1-2(8)5-3(9)4(10)6(11)12-5/h2-11H,1H2/t2-,3?,4-,5-,6+/m1/s1. The van der Waals surface area contributed by atoms with Crippen LogP contribution in [0.2, 0.25) is 0 Å². The average Bonchev–Trinajstić information content (AvgIpc) is 2.32. The van der Waals surface area contributed by atoms with E-state index < -0.39 is 37.3 Å². The van der Waals surface area contributed by atoms with Crippen LogP contribution in [0.5, 0.6) is 0 Å². The summed E-state index contributed by atoms with van der Waals surface area (Å²) in [5, 5.41) is 44.4. The molecule has 6 nitrogen and oxygen atoms in total. The molecule has 0 radical (unpaired) electrons. The topological polar surface area (TPSA) is 110 Å². The normalized spacial score (nSPS) is 44.8. The van der Waals surface area contributed by atoms with Gasteiger partial charge in [0.15, 0.2) is 6.29 Å². The maximum Gasteiger partial charge on any atom is 0.184 e. The molecule has 72 valence electrons. The summed E-state index contributed by atoms with van der Waals surface area (Å²) in [5.74, 6) is 0. The van der Waals surface area contributed by atoms with Crippen LogP contribution < -0.4 is 0 Å². The summed E-state index contributed by atoms with van der Waals surface area (Å²) in [5.41, 5.74) is 0. The molecule has 1 rings (SSSR count). The molecule has 1 aliphatic rings. The van der Waals surface area contributed by atoms with Gasteiger partial charge in [-0.1, -0.05) is 0 Å². The van der Waals surface area contributed by atoms with E-state index in [-0.39, 0.29) is 0 Å². The highest BCUT2D eigenvalue weighted by atomic mass is 16.6. The van der Waals surface area contributed by atoms with Crippen molar-refractivity contribution >= 4 is 0 Å². The first-order valence-electron chi connectivity index (χ1n) is 3.56. The summed E-state index contributed by atoms with van der Waals surface area (Å²) < 4.78 is 4.58. The molecule has 1 unspecified atom stereocenters. The summed E-state index contributed by atoms with van der Waals surface area (Å²) in [6.07, 6.45) is -6.75. The third kappa shape index (κ3) is 1.58. The molecule has 1 fully saturated rings. The quantitative estimate of drug-likeness (QED) is 0.306. The van der Waals surface area contributed by atoms with Crippen molar-refractivity contribution in [2.24, 2.45) is 0 Å². The molecule has 0 aliphatic carbocycles. The highest BCUT2D eigenvalue weighted by molar-refractivity contribution is 4.89. The lowest BCUT2D eigenvalue weighted by Gasteiger charge is -2.18. The van der Waals surface area contributed by atoms with Gasteiger partial charge in [0, 0.05) is 0 Å². The smallest absolute Gasteiger partial charge is 0.184 e. The minimum absolute atomic E-state index is 0.596. The number of hydrogen-bond donors (Lipinski definition) is 5. The lowest BCUT2D eigenvalue weighted by atomic mass is 10.1. The van der Waals surface area contributed by atoms with Gasteiger partial charge in [0.1, 0.15) is 24.4 Å². The first-order chi connectivity index (χ1) is 5.57. The van der Waals surface area contributed by atoms with E-state index >= 15 is 0 Å². The minimum Gasteiger partial charge on any atom is -0.394 e. The summed E-state index contributed by atoms with van der Waals surface area (Å²) in [4.78, 5) is 0. The number of hydrogen-bond acceptors (Lipinski definition) is 6. The van der Waals surface area contributed by atoms with Crippen LogP contribution in [0.3, 0.4) is 0 Å². The van der Waals surface area contributed by atoms with Crippen LogP contribution in [-0.4, -0.2) is 62.8 Å². The molecule has 0 bridgehead atoms. The Morgan fingerprint density at radius 3 is 2.08 bits per heavy atom. The first-order valence-corrected chi connectivity index (χ1v) is 3.56. The number of rotatable bonds is 2. The fraction of sp³-hybridized carbons (Fsp3) is 1.00. The van der Waals surface area contributed by atoms with Crippen LogP contribution in [0.15, 0.2) is 0 Å². The fourth-order valence-corrected chi connectivity index (χ4v) is 1.11. The molecule has 1 heterocycles. The Kier molecular flexibility index (Phi) is 2.99. The van der Waals surface area contributed by atoms with Gasteiger partial charge in [0.05, 0.1) is 6.61 Å². The summed E-state index contributed by atoms with van der Waals surface area (Å²) in [7, 11) is 0. The molecule has 0 saturated carbocycles. The van der Waals surface area contributed by atoms with Crippen molar-refractivity contribution in [1.29, 1.82) is 0 Å². The van der Waals surface area contributed by atoms with Gasteiger partial charge in [0.25, 0.3) is 0 Å². The maximum atomic E-state index is 9.12. The molecule has 0 amide bonds. The van der Waals surface area contributed by atoms with Gasteiger partial charge in [-0.25, -0.2) is 0 Å². The Bertz CT molecular complexity index is 151. The van der Waals surface area contributed by atoms with Gasteiger partial charge < -0.3 is 30.3 Å². The van der Waals surface area contributed by atoms with Crippen LogP contribution >= 0.6 is 0 Å². The van der Waals surface area contributed by atoms with Crippen LogP contribution in [-0.2, 0) is 4.74 Å². The number of ether oxygens (including phenoxy) is 1. The molecular weight excluding hydrogens is 168 g/mol. The zero-order valence-electron chi connectivity index (χ0n) is 6.24. The van der Waals surface area contributed by atoms with Gasteiger partial charge in [0.2, 0.25) is 0 Å². The fourth-order valence-electron chi connectivity index (χ4n) is 1.11. The van der Waals surface area contributed by atoms with Gasteiger partial charge in [-0.3, -0.25) is 0 Å². The van der Waals surface area contributed by atoms with Crippen LogP contribution in [0, 0.1) is 0 Å². The van der Waals surface area contributed by atoms with Crippen molar-refractivity contribution in [3.8, 4) is 0 Å². The summed E-state index contributed by atoms with van der Waals surface area (Å²) >= 11 is 0. The molecule has 12 heavy (non-hydrogen) atoms. The van der Waals surface area contributed by atoms with Crippen molar-refractivity contribution in [3.63, 3.8) is 0 Å². The second-order valence-electron chi connectivity index (χ2n) is 2.72. The van der Waals surface area contributed by atoms with Crippen molar-refractivity contribution in [2.75, 3.05) is 6.61 Å². The summed E-state index contributed by atoms with van der Waals surface area (Å²) in [6.45, 7) is -0.596. The van der Waals surface area contributed by atoms with E-state index in [1.807, 2.05) is 0 Å². The van der Waals surface area contributed by atoms with E-state index in [2.05, 4.69) is 4.74 Å². The molecular formula is C6H12O6. The van der Waals surface area contributed by atoms with Crippen molar-refractivity contribution in [2.45, 2.75) is 30.7 Å². The van der Waals surface area contributed by atoms with Crippen LogP contribution in [0.25, 0.3) is 0 Å². The maximum absolute atomic E-state index is 9.12. The lowest BCUT2D eigenvalue weighted by molar-refractivity contribution is -0.150. The van der Waals surface area contributed by atoms with Crippen LogP contribution in [0.4, 0.5) is 0 Å². The van der Waals surface area contributed by atoms with E-state index in [1.54, 1.807) is 0 Å². The molecule has 0 aromatic heterocycles. The zero-order valence-corrected chi connectivity index (χ0v) is 6.24. The van der Waals surface area contributed by atoms with E-state index in [9.17, 15) is 0 Å². The monoisotopic (exact) mass is 180 g/mol. The van der Waals surface area contributed by atoms with Gasteiger partial charge in [-0.05, 0) is 0 Å². The lowest BCUT2D eigenvalue weighted by Crippen LogP contribution is -2.40. The molecule has 6 heteroatoms. The number of aliphatic hydroxyl groups excluding tert-OH is 5. The van der Waals surface area contributed by atoms with E-state index in [0.717, 1.165) is 0 Å².